The molecule has 3 aromatic rings. The topological polar surface area (TPSA) is 29.1 Å². The second-order valence-electron chi connectivity index (χ2n) is 7.86. The van der Waals surface area contributed by atoms with Crippen LogP contribution in [0, 0.1) is 11.7 Å². The van der Waals surface area contributed by atoms with Crippen LogP contribution in [-0.2, 0) is 11.2 Å². The van der Waals surface area contributed by atoms with E-state index in [2.05, 4.69) is 53.8 Å². The number of amides is 1. The van der Waals surface area contributed by atoms with Crippen molar-refractivity contribution in [1.29, 1.82) is 0 Å². The van der Waals surface area contributed by atoms with Crippen molar-refractivity contribution < 1.29 is 9.18 Å². The van der Waals surface area contributed by atoms with Crippen LogP contribution in [0.2, 0.25) is 0 Å². The molecule has 0 radical (unpaired) electrons. The molecule has 3 heteroatoms. The van der Waals surface area contributed by atoms with Crippen LogP contribution >= 0.6 is 0 Å². The Morgan fingerprint density at radius 2 is 1.43 bits per heavy atom. The molecule has 0 saturated carbocycles. The molecule has 6 rings (SSSR count). The quantitative estimate of drug-likeness (QED) is 0.702. The Labute approximate surface area is 164 Å². The minimum Gasteiger partial charge on any atom is -0.356 e. The minimum absolute atomic E-state index is 0.0840. The lowest BCUT2D eigenvalue weighted by Gasteiger charge is -2.45. The van der Waals surface area contributed by atoms with Gasteiger partial charge in [0.25, 0.3) is 0 Å². The standard InChI is InChI=1S/C25H22FNO/c26-23-12-6-1-7-16(23)14-24(28)27-15-17-13-22-18-8-2-4-10-20(18)25(17)21-11-5-3-9-19(21)22/h1-12,17,22,25H,13-15H2,(H,27,28)/t17-,22?,25?/m1/s1. The largest absolute Gasteiger partial charge is 0.356 e. The Hall–Kier alpha value is -2.94. The van der Waals surface area contributed by atoms with Gasteiger partial charge in [-0.25, -0.2) is 4.39 Å². The molecule has 1 amide bonds. The SMILES string of the molecule is O=C(Cc1ccccc1F)NC[C@H]1CC2c3ccccc3C1c1ccccc12. The van der Waals surface area contributed by atoms with Gasteiger partial charge in [0.15, 0.2) is 0 Å². The summed E-state index contributed by atoms with van der Waals surface area (Å²) in [6, 6.07) is 23.9. The van der Waals surface area contributed by atoms with Crippen molar-refractivity contribution in [2.45, 2.75) is 24.7 Å². The van der Waals surface area contributed by atoms with Gasteiger partial charge in [-0.1, -0.05) is 66.7 Å². The fraction of sp³-hybridized carbons (Fsp3) is 0.240. The number of nitrogens with one attached hydrogen (secondary N) is 1. The fourth-order valence-corrected chi connectivity index (χ4v) is 5.08. The number of hydrogen-bond acceptors (Lipinski definition) is 1. The van der Waals surface area contributed by atoms with Crippen molar-refractivity contribution in [2.24, 2.45) is 5.92 Å². The van der Waals surface area contributed by atoms with Crippen LogP contribution in [-0.4, -0.2) is 12.5 Å². The monoisotopic (exact) mass is 371 g/mol. The smallest absolute Gasteiger partial charge is 0.224 e. The van der Waals surface area contributed by atoms with Gasteiger partial charge in [-0.15, -0.1) is 0 Å². The third-order valence-electron chi connectivity index (χ3n) is 6.29. The molecule has 140 valence electrons. The Bertz CT molecular complexity index is 996. The normalized spacial score (nSPS) is 21.7. The van der Waals surface area contributed by atoms with Crippen molar-refractivity contribution in [2.75, 3.05) is 6.54 Å². The molecular weight excluding hydrogens is 349 g/mol. The zero-order valence-corrected chi connectivity index (χ0v) is 15.6. The molecule has 1 N–H and O–H groups in total. The molecule has 0 heterocycles. The summed E-state index contributed by atoms with van der Waals surface area (Å²) in [5.74, 6) is 0.627. The summed E-state index contributed by atoms with van der Waals surface area (Å²) in [7, 11) is 0. The van der Waals surface area contributed by atoms with Gasteiger partial charge in [-0.2, -0.15) is 0 Å². The van der Waals surface area contributed by atoms with Gasteiger partial charge < -0.3 is 5.32 Å². The Kier molecular flexibility index (Phi) is 4.23. The highest BCUT2D eigenvalue weighted by Gasteiger charge is 2.42. The molecule has 28 heavy (non-hydrogen) atoms. The maximum absolute atomic E-state index is 13.8. The highest BCUT2D eigenvalue weighted by molar-refractivity contribution is 5.78. The van der Waals surface area contributed by atoms with E-state index in [0.717, 1.165) is 6.42 Å². The summed E-state index contributed by atoms with van der Waals surface area (Å²) < 4.78 is 13.8. The van der Waals surface area contributed by atoms with Crippen LogP contribution < -0.4 is 5.32 Å². The molecule has 0 aliphatic heterocycles. The van der Waals surface area contributed by atoms with Crippen LogP contribution in [0.15, 0.2) is 72.8 Å². The summed E-state index contributed by atoms with van der Waals surface area (Å²) in [5.41, 5.74) is 6.10. The third kappa shape index (κ3) is 2.82. The minimum atomic E-state index is -0.322. The number of rotatable bonds is 4. The zero-order chi connectivity index (χ0) is 19.1. The summed E-state index contributed by atoms with van der Waals surface area (Å²) in [4.78, 5) is 12.4. The van der Waals surface area contributed by atoms with Gasteiger partial charge in [0.2, 0.25) is 5.91 Å². The molecule has 1 atom stereocenters. The number of hydrogen-bond donors (Lipinski definition) is 1. The lowest BCUT2D eigenvalue weighted by atomic mass is 9.59. The van der Waals surface area contributed by atoms with Crippen molar-refractivity contribution in [3.05, 3.63) is 106 Å². The molecule has 2 bridgehead atoms. The highest BCUT2D eigenvalue weighted by atomic mass is 19.1. The lowest BCUT2D eigenvalue weighted by Crippen LogP contribution is -2.39. The first-order valence-corrected chi connectivity index (χ1v) is 9.90. The fourth-order valence-electron chi connectivity index (χ4n) is 5.08. The Morgan fingerprint density at radius 3 is 2.07 bits per heavy atom. The number of carbonyl (C=O) groups is 1. The Balaban J connectivity index is 1.36. The molecule has 0 fully saturated rings. The van der Waals surface area contributed by atoms with Crippen LogP contribution in [0.1, 0.15) is 46.1 Å². The van der Waals surface area contributed by atoms with E-state index in [-0.39, 0.29) is 18.1 Å². The van der Waals surface area contributed by atoms with E-state index in [1.165, 1.54) is 28.3 Å². The van der Waals surface area contributed by atoms with Crippen molar-refractivity contribution in [3.8, 4) is 0 Å². The predicted molar refractivity (Wildman–Crippen MR) is 108 cm³/mol. The second-order valence-corrected chi connectivity index (χ2v) is 7.86. The van der Waals surface area contributed by atoms with Crippen LogP contribution in [0.4, 0.5) is 4.39 Å². The molecule has 2 nitrogen and oxygen atoms in total. The van der Waals surface area contributed by atoms with Gasteiger partial charge in [0.05, 0.1) is 6.42 Å². The number of carbonyl (C=O) groups excluding carboxylic acids is 1. The average molecular weight is 371 g/mol. The predicted octanol–water partition coefficient (Wildman–Crippen LogP) is 4.78. The first-order chi connectivity index (χ1) is 13.7. The highest BCUT2D eigenvalue weighted by Crippen LogP contribution is 2.55. The lowest BCUT2D eigenvalue weighted by molar-refractivity contribution is -0.120. The molecule has 0 spiro atoms. The van der Waals surface area contributed by atoms with Crippen molar-refractivity contribution >= 4 is 5.91 Å². The number of fused-ring (bicyclic) bond motifs is 1. The van der Waals surface area contributed by atoms with Crippen LogP contribution in [0.5, 0.6) is 0 Å². The summed E-state index contributed by atoms with van der Waals surface area (Å²) >= 11 is 0. The summed E-state index contributed by atoms with van der Waals surface area (Å²) in [6.07, 6.45) is 1.12. The maximum Gasteiger partial charge on any atom is 0.224 e. The number of halogens is 1. The molecule has 3 aliphatic rings. The summed E-state index contributed by atoms with van der Waals surface area (Å²) in [5, 5.41) is 3.07. The van der Waals surface area contributed by atoms with E-state index >= 15 is 0 Å². The van der Waals surface area contributed by atoms with Crippen LogP contribution in [0.25, 0.3) is 0 Å². The molecule has 0 aromatic heterocycles. The molecule has 0 saturated heterocycles. The third-order valence-corrected chi connectivity index (χ3v) is 6.29. The van der Waals surface area contributed by atoms with E-state index in [4.69, 9.17) is 0 Å². The maximum atomic E-state index is 13.8. The van der Waals surface area contributed by atoms with E-state index in [1.807, 2.05) is 0 Å². The molecular formula is C25H22FNO. The van der Waals surface area contributed by atoms with Crippen molar-refractivity contribution in [1.82, 2.24) is 5.32 Å². The molecule has 0 unspecified atom stereocenters. The first kappa shape index (κ1) is 17.2. The zero-order valence-electron chi connectivity index (χ0n) is 15.6. The van der Waals surface area contributed by atoms with E-state index in [0.29, 0.717) is 29.9 Å². The van der Waals surface area contributed by atoms with Crippen molar-refractivity contribution in [3.63, 3.8) is 0 Å². The van der Waals surface area contributed by atoms with Gasteiger partial charge in [0, 0.05) is 18.4 Å². The van der Waals surface area contributed by atoms with E-state index < -0.39 is 0 Å². The number of benzene rings is 3. The average Bonchev–Trinajstić information content (AvgIpc) is 2.74. The van der Waals surface area contributed by atoms with Gasteiger partial charge in [-0.05, 0) is 46.2 Å². The van der Waals surface area contributed by atoms with E-state index in [9.17, 15) is 9.18 Å². The summed E-state index contributed by atoms with van der Waals surface area (Å²) in [6.45, 7) is 0.622. The van der Waals surface area contributed by atoms with E-state index in [1.54, 1.807) is 18.2 Å². The molecule has 3 aromatic carbocycles. The molecule has 3 aliphatic carbocycles. The first-order valence-electron chi connectivity index (χ1n) is 9.90. The van der Waals surface area contributed by atoms with Crippen LogP contribution in [0.3, 0.4) is 0 Å². The van der Waals surface area contributed by atoms with Gasteiger partial charge in [0.1, 0.15) is 5.82 Å². The Morgan fingerprint density at radius 1 is 0.857 bits per heavy atom. The van der Waals surface area contributed by atoms with Gasteiger partial charge in [-0.3, -0.25) is 4.79 Å². The second kappa shape index (κ2) is 6.90. The van der Waals surface area contributed by atoms with Gasteiger partial charge >= 0.3 is 0 Å².